The third kappa shape index (κ3) is 4.88. The number of nitrogens with zero attached hydrogens (tertiary/aromatic N) is 1. The van der Waals surface area contributed by atoms with Crippen molar-refractivity contribution < 1.29 is 9.53 Å². The number of hydrogen-bond acceptors (Lipinski definition) is 3. The van der Waals surface area contributed by atoms with E-state index < -0.39 is 0 Å². The Kier molecular flexibility index (Phi) is 7.00. The topological polar surface area (TPSA) is 51.2 Å². The lowest BCUT2D eigenvalue weighted by Gasteiger charge is -2.21. The molecule has 0 saturated heterocycles. The van der Waals surface area contributed by atoms with E-state index in [1.54, 1.807) is 0 Å². The number of rotatable bonds is 7. The number of nitrogens with one attached hydrogen (secondary N) is 1. The number of benzene rings is 1. The standard InChI is InChI=1S/C23H32N2O2/c1-8-12-27-20-13-16(6)24-17(7)21(20)23(26)25-22-18(14(2)3)10-9-11-19(22)15(4)5/h9-11,13-15H,8,12H2,1-7H3,(H,25,26). The molecule has 1 amide bonds. The molecule has 1 aromatic carbocycles. The number of carbonyl (C=O) groups is 1. The summed E-state index contributed by atoms with van der Waals surface area (Å²) < 4.78 is 5.86. The number of anilines is 1. The van der Waals surface area contributed by atoms with Crippen LogP contribution >= 0.6 is 0 Å². The van der Waals surface area contributed by atoms with Gasteiger partial charge in [-0.1, -0.05) is 52.8 Å². The van der Waals surface area contributed by atoms with Gasteiger partial charge in [-0.25, -0.2) is 0 Å². The second kappa shape index (κ2) is 9.03. The molecule has 2 aromatic rings. The monoisotopic (exact) mass is 368 g/mol. The van der Waals surface area contributed by atoms with Crippen LogP contribution in [0.15, 0.2) is 24.3 Å². The van der Waals surface area contributed by atoms with Gasteiger partial charge in [0.05, 0.1) is 12.3 Å². The highest BCUT2D eigenvalue weighted by atomic mass is 16.5. The zero-order valence-corrected chi connectivity index (χ0v) is 17.6. The Balaban J connectivity index is 2.50. The summed E-state index contributed by atoms with van der Waals surface area (Å²) in [5.41, 5.74) is 5.25. The van der Waals surface area contributed by atoms with E-state index in [0.717, 1.165) is 28.9 Å². The number of ether oxygens (including phenoxy) is 1. The molecule has 0 unspecified atom stereocenters. The van der Waals surface area contributed by atoms with Gasteiger partial charge in [-0.15, -0.1) is 0 Å². The number of aryl methyl sites for hydroxylation is 2. The summed E-state index contributed by atoms with van der Waals surface area (Å²) in [7, 11) is 0. The molecule has 4 nitrogen and oxygen atoms in total. The van der Waals surface area contributed by atoms with Crippen LogP contribution in [0.2, 0.25) is 0 Å². The molecule has 0 aliphatic rings. The first-order valence-corrected chi connectivity index (χ1v) is 9.81. The van der Waals surface area contributed by atoms with Crippen molar-refractivity contribution in [3.8, 4) is 5.75 Å². The molecule has 2 rings (SSSR count). The predicted octanol–water partition coefficient (Wildman–Crippen LogP) is 5.99. The van der Waals surface area contributed by atoms with Crippen molar-refractivity contribution in [2.24, 2.45) is 0 Å². The molecular weight excluding hydrogens is 336 g/mol. The summed E-state index contributed by atoms with van der Waals surface area (Å²) in [6.07, 6.45) is 0.884. The number of hydrogen-bond donors (Lipinski definition) is 1. The van der Waals surface area contributed by atoms with Crippen LogP contribution in [0, 0.1) is 13.8 Å². The fourth-order valence-corrected chi connectivity index (χ4v) is 3.27. The van der Waals surface area contributed by atoms with Gasteiger partial charge in [-0.3, -0.25) is 9.78 Å². The lowest BCUT2D eigenvalue weighted by Crippen LogP contribution is -2.19. The van der Waals surface area contributed by atoms with Crippen LogP contribution in [-0.4, -0.2) is 17.5 Å². The molecule has 0 aliphatic heterocycles. The van der Waals surface area contributed by atoms with Crippen molar-refractivity contribution in [3.63, 3.8) is 0 Å². The van der Waals surface area contributed by atoms with Gasteiger partial charge in [0, 0.05) is 17.4 Å². The van der Waals surface area contributed by atoms with Gasteiger partial charge < -0.3 is 10.1 Å². The van der Waals surface area contributed by atoms with E-state index in [-0.39, 0.29) is 5.91 Å². The zero-order valence-electron chi connectivity index (χ0n) is 17.6. The summed E-state index contributed by atoms with van der Waals surface area (Å²) in [6.45, 7) is 15.0. The van der Waals surface area contributed by atoms with Crippen molar-refractivity contribution in [3.05, 3.63) is 52.3 Å². The molecule has 1 aromatic heterocycles. The van der Waals surface area contributed by atoms with Crippen LogP contribution in [0.4, 0.5) is 5.69 Å². The zero-order chi connectivity index (χ0) is 20.1. The van der Waals surface area contributed by atoms with E-state index in [0.29, 0.717) is 35.4 Å². The van der Waals surface area contributed by atoms with Gasteiger partial charge in [0.1, 0.15) is 11.3 Å². The Morgan fingerprint density at radius 2 is 1.70 bits per heavy atom. The van der Waals surface area contributed by atoms with E-state index in [4.69, 9.17) is 4.74 Å². The smallest absolute Gasteiger partial charge is 0.261 e. The van der Waals surface area contributed by atoms with Crippen molar-refractivity contribution in [1.82, 2.24) is 4.98 Å². The summed E-state index contributed by atoms with van der Waals surface area (Å²) in [5.74, 6) is 1.06. The highest BCUT2D eigenvalue weighted by Gasteiger charge is 2.21. The number of pyridine rings is 1. The molecule has 0 aliphatic carbocycles. The molecule has 0 radical (unpaired) electrons. The highest BCUT2D eigenvalue weighted by Crippen LogP contribution is 2.33. The summed E-state index contributed by atoms with van der Waals surface area (Å²) in [4.78, 5) is 17.7. The molecule has 0 bridgehead atoms. The minimum Gasteiger partial charge on any atom is -0.493 e. The molecule has 4 heteroatoms. The molecule has 0 saturated carbocycles. The first kappa shape index (κ1) is 20.9. The number of carbonyl (C=O) groups excluding carboxylic acids is 1. The second-order valence-electron chi connectivity index (χ2n) is 7.65. The van der Waals surface area contributed by atoms with Crippen LogP contribution in [0.1, 0.15) is 85.7 Å². The molecular formula is C23H32N2O2. The average molecular weight is 369 g/mol. The van der Waals surface area contributed by atoms with Crippen molar-refractivity contribution in [1.29, 1.82) is 0 Å². The Labute approximate surface area is 163 Å². The largest absolute Gasteiger partial charge is 0.493 e. The lowest BCUT2D eigenvalue weighted by molar-refractivity contribution is 0.102. The average Bonchev–Trinajstić information content (AvgIpc) is 2.58. The van der Waals surface area contributed by atoms with Crippen molar-refractivity contribution >= 4 is 11.6 Å². The molecule has 0 atom stereocenters. The van der Waals surface area contributed by atoms with Gasteiger partial charge in [-0.05, 0) is 43.2 Å². The fraction of sp³-hybridized carbons (Fsp3) is 0.478. The second-order valence-corrected chi connectivity index (χ2v) is 7.65. The lowest BCUT2D eigenvalue weighted by atomic mass is 9.92. The van der Waals surface area contributed by atoms with Gasteiger partial charge in [0.25, 0.3) is 5.91 Å². The number of aromatic nitrogens is 1. The van der Waals surface area contributed by atoms with Crippen molar-refractivity contribution in [2.45, 2.75) is 66.7 Å². The minimum absolute atomic E-state index is 0.166. The summed E-state index contributed by atoms with van der Waals surface area (Å²) in [6, 6.07) is 8.08. The van der Waals surface area contributed by atoms with Crippen LogP contribution in [0.3, 0.4) is 0 Å². The minimum atomic E-state index is -0.166. The third-order valence-corrected chi connectivity index (χ3v) is 4.59. The number of amides is 1. The Morgan fingerprint density at radius 1 is 1.11 bits per heavy atom. The van der Waals surface area contributed by atoms with E-state index in [1.165, 1.54) is 0 Å². The molecule has 0 fully saturated rings. The van der Waals surface area contributed by atoms with Crippen LogP contribution in [-0.2, 0) is 0 Å². The quantitative estimate of drug-likeness (QED) is 0.653. The molecule has 27 heavy (non-hydrogen) atoms. The highest BCUT2D eigenvalue weighted by molar-refractivity contribution is 6.07. The van der Waals surface area contributed by atoms with Gasteiger partial charge in [-0.2, -0.15) is 0 Å². The number of para-hydroxylation sites is 1. The maximum Gasteiger partial charge on any atom is 0.261 e. The van der Waals surface area contributed by atoms with E-state index >= 15 is 0 Å². The van der Waals surface area contributed by atoms with E-state index in [2.05, 4.69) is 63.1 Å². The Hall–Kier alpha value is -2.36. The fourth-order valence-electron chi connectivity index (χ4n) is 3.27. The van der Waals surface area contributed by atoms with Gasteiger partial charge >= 0.3 is 0 Å². The molecule has 146 valence electrons. The SMILES string of the molecule is CCCOc1cc(C)nc(C)c1C(=O)Nc1c(C(C)C)cccc1C(C)C. The van der Waals surface area contributed by atoms with E-state index in [1.807, 2.05) is 19.9 Å². The third-order valence-electron chi connectivity index (χ3n) is 4.59. The van der Waals surface area contributed by atoms with Crippen LogP contribution < -0.4 is 10.1 Å². The predicted molar refractivity (Wildman–Crippen MR) is 112 cm³/mol. The Morgan fingerprint density at radius 3 is 2.22 bits per heavy atom. The summed E-state index contributed by atoms with van der Waals surface area (Å²) in [5, 5.41) is 3.18. The first-order chi connectivity index (χ1) is 12.8. The maximum absolute atomic E-state index is 13.2. The van der Waals surface area contributed by atoms with Gasteiger partial charge in [0.15, 0.2) is 0 Å². The maximum atomic E-state index is 13.2. The molecule has 1 N–H and O–H groups in total. The van der Waals surface area contributed by atoms with Crippen molar-refractivity contribution in [2.75, 3.05) is 11.9 Å². The Bertz CT molecular complexity index is 784. The normalized spacial score (nSPS) is 11.1. The molecule has 0 spiro atoms. The van der Waals surface area contributed by atoms with E-state index in [9.17, 15) is 4.79 Å². The van der Waals surface area contributed by atoms with Crippen LogP contribution in [0.25, 0.3) is 0 Å². The van der Waals surface area contributed by atoms with Gasteiger partial charge in [0.2, 0.25) is 0 Å². The summed E-state index contributed by atoms with van der Waals surface area (Å²) >= 11 is 0. The first-order valence-electron chi connectivity index (χ1n) is 9.81. The van der Waals surface area contributed by atoms with Crippen LogP contribution in [0.5, 0.6) is 5.75 Å². The molecule has 1 heterocycles.